The van der Waals surface area contributed by atoms with Crippen molar-refractivity contribution in [3.8, 4) is 0 Å². The maximum absolute atomic E-state index is 12.9. The van der Waals surface area contributed by atoms with E-state index < -0.39 is 0 Å². The molecule has 4 aliphatic rings. The summed E-state index contributed by atoms with van der Waals surface area (Å²) in [6.45, 7) is 2.48. The topological polar surface area (TPSA) is 26.3 Å². The first kappa shape index (κ1) is 14.7. The van der Waals surface area contributed by atoms with Crippen LogP contribution in [0.3, 0.4) is 0 Å². The summed E-state index contributed by atoms with van der Waals surface area (Å²) in [5, 5.41) is 0. The molecule has 0 amide bonds. The Balaban J connectivity index is 1.48. The number of hydrogen-bond donors (Lipinski definition) is 0. The molecular formula is C19H23BrO2. The van der Waals surface area contributed by atoms with Crippen LogP contribution in [0, 0.1) is 24.2 Å². The molecule has 1 aromatic carbocycles. The maximum Gasteiger partial charge on any atom is 0.312 e. The summed E-state index contributed by atoms with van der Waals surface area (Å²) >= 11 is 3.96. The predicted molar refractivity (Wildman–Crippen MR) is 89.7 cm³/mol. The summed E-state index contributed by atoms with van der Waals surface area (Å²) in [6, 6.07) is 8.22. The fourth-order valence-electron chi connectivity index (χ4n) is 5.49. The van der Waals surface area contributed by atoms with Gasteiger partial charge in [0.05, 0.1) is 5.41 Å². The molecule has 0 saturated heterocycles. The summed E-state index contributed by atoms with van der Waals surface area (Å²) in [6.07, 6.45) is 6.87. The number of ether oxygens (including phenoxy) is 1. The predicted octanol–water partition coefficient (Wildman–Crippen LogP) is 4.77. The van der Waals surface area contributed by atoms with E-state index in [9.17, 15) is 4.79 Å². The Bertz CT molecular complexity index is 595. The zero-order valence-corrected chi connectivity index (χ0v) is 14.7. The van der Waals surface area contributed by atoms with Gasteiger partial charge < -0.3 is 4.74 Å². The molecule has 0 spiro atoms. The zero-order valence-electron chi connectivity index (χ0n) is 13.1. The minimum absolute atomic E-state index is 0.0481. The van der Waals surface area contributed by atoms with E-state index in [0.29, 0.717) is 18.4 Å². The van der Waals surface area contributed by atoms with Crippen molar-refractivity contribution in [1.82, 2.24) is 0 Å². The zero-order chi connectivity index (χ0) is 15.4. The molecule has 118 valence electrons. The Kier molecular flexibility index (Phi) is 3.41. The lowest BCUT2D eigenvalue weighted by molar-refractivity contribution is -0.170. The van der Waals surface area contributed by atoms with Crippen LogP contribution in [0.4, 0.5) is 0 Å². The van der Waals surface area contributed by atoms with Gasteiger partial charge in [-0.05, 0) is 62.8 Å². The second-order valence-electron chi connectivity index (χ2n) is 7.96. The van der Waals surface area contributed by atoms with Gasteiger partial charge in [-0.25, -0.2) is 0 Å². The summed E-state index contributed by atoms with van der Waals surface area (Å²) in [5.74, 6) is 1.48. The van der Waals surface area contributed by atoms with E-state index >= 15 is 0 Å². The Morgan fingerprint density at radius 3 is 2.64 bits per heavy atom. The van der Waals surface area contributed by atoms with Gasteiger partial charge in [0.2, 0.25) is 0 Å². The van der Waals surface area contributed by atoms with E-state index in [-0.39, 0.29) is 15.7 Å². The standard InChI is InChI=1S/C19H23BrO2/c1-13-3-2-4-14(5-13)11-22-17(21)18-7-15-6-16(8-18)10-19(20,9-15)12-18/h2-5,15-16H,6-12H2,1H3/t15-,16+,18?,19?. The Morgan fingerprint density at radius 2 is 2.00 bits per heavy atom. The van der Waals surface area contributed by atoms with Crippen molar-refractivity contribution < 1.29 is 9.53 Å². The molecule has 0 heterocycles. The van der Waals surface area contributed by atoms with Gasteiger partial charge in [-0.15, -0.1) is 0 Å². The van der Waals surface area contributed by atoms with Gasteiger partial charge in [0.25, 0.3) is 0 Å². The van der Waals surface area contributed by atoms with Crippen LogP contribution < -0.4 is 0 Å². The first-order valence-electron chi connectivity index (χ1n) is 8.38. The largest absolute Gasteiger partial charge is 0.460 e. The summed E-state index contributed by atoms with van der Waals surface area (Å²) in [5.41, 5.74) is 2.09. The van der Waals surface area contributed by atoms with Gasteiger partial charge in [0.15, 0.2) is 0 Å². The van der Waals surface area contributed by atoms with Gasteiger partial charge in [-0.1, -0.05) is 45.8 Å². The van der Waals surface area contributed by atoms with Crippen LogP contribution in [0.15, 0.2) is 24.3 Å². The van der Waals surface area contributed by atoms with E-state index in [4.69, 9.17) is 4.74 Å². The first-order valence-corrected chi connectivity index (χ1v) is 9.17. The van der Waals surface area contributed by atoms with Crippen LogP contribution in [-0.2, 0) is 16.1 Å². The van der Waals surface area contributed by atoms with Gasteiger partial charge in [0, 0.05) is 4.32 Å². The van der Waals surface area contributed by atoms with Gasteiger partial charge in [-0.3, -0.25) is 4.79 Å². The molecule has 0 aromatic heterocycles. The molecule has 4 fully saturated rings. The number of benzene rings is 1. The van der Waals surface area contributed by atoms with Crippen molar-refractivity contribution in [1.29, 1.82) is 0 Å². The molecule has 0 N–H and O–H groups in total. The number of alkyl halides is 1. The molecule has 2 unspecified atom stereocenters. The van der Waals surface area contributed by atoms with Crippen molar-refractivity contribution in [2.75, 3.05) is 0 Å². The number of rotatable bonds is 3. The van der Waals surface area contributed by atoms with Crippen molar-refractivity contribution >= 4 is 21.9 Å². The van der Waals surface area contributed by atoms with Crippen LogP contribution >= 0.6 is 15.9 Å². The maximum atomic E-state index is 12.9. The Labute approximate surface area is 140 Å². The van der Waals surface area contributed by atoms with Crippen LogP contribution in [-0.4, -0.2) is 10.3 Å². The molecule has 3 heteroatoms. The molecule has 4 bridgehead atoms. The van der Waals surface area contributed by atoms with Crippen molar-refractivity contribution in [2.45, 2.75) is 56.4 Å². The van der Waals surface area contributed by atoms with Gasteiger partial charge in [-0.2, -0.15) is 0 Å². The molecule has 1 aromatic rings. The fraction of sp³-hybridized carbons (Fsp3) is 0.632. The molecule has 4 aliphatic carbocycles. The summed E-state index contributed by atoms with van der Waals surface area (Å²) in [4.78, 5) is 12.9. The lowest BCUT2D eigenvalue weighted by atomic mass is 9.49. The highest BCUT2D eigenvalue weighted by Crippen LogP contribution is 2.64. The normalized spacial score (nSPS) is 39.0. The lowest BCUT2D eigenvalue weighted by Crippen LogP contribution is -2.56. The number of aryl methyl sites for hydroxylation is 1. The van der Waals surface area contributed by atoms with Crippen molar-refractivity contribution in [3.05, 3.63) is 35.4 Å². The van der Waals surface area contributed by atoms with Crippen molar-refractivity contribution in [3.63, 3.8) is 0 Å². The van der Waals surface area contributed by atoms with Gasteiger partial charge in [0.1, 0.15) is 6.61 Å². The quantitative estimate of drug-likeness (QED) is 0.571. The van der Waals surface area contributed by atoms with Crippen LogP contribution in [0.25, 0.3) is 0 Å². The third-order valence-electron chi connectivity index (χ3n) is 5.88. The molecule has 4 atom stereocenters. The number of hydrogen-bond acceptors (Lipinski definition) is 2. The number of esters is 1. The Hall–Kier alpha value is -0.830. The van der Waals surface area contributed by atoms with E-state index in [2.05, 4.69) is 35.0 Å². The minimum Gasteiger partial charge on any atom is -0.460 e. The highest BCUT2D eigenvalue weighted by molar-refractivity contribution is 9.10. The highest BCUT2D eigenvalue weighted by Gasteiger charge is 2.60. The number of carbonyl (C=O) groups is 1. The third-order valence-corrected chi connectivity index (χ3v) is 6.80. The summed E-state index contributed by atoms with van der Waals surface area (Å²) < 4.78 is 5.96. The summed E-state index contributed by atoms with van der Waals surface area (Å²) in [7, 11) is 0. The average Bonchev–Trinajstić information content (AvgIpc) is 2.42. The van der Waals surface area contributed by atoms with Crippen LogP contribution in [0.1, 0.15) is 49.7 Å². The SMILES string of the molecule is Cc1cccc(COC(=O)C23C[C@@H]4C[C@@H](CC(Br)(C4)C2)C3)c1. The highest BCUT2D eigenvalue weighted by atomic mass is 79.9. The van der Waals surface area contributed by atoms with Crippen LogP contribution in [0.5, 0.6) is 0 Å². The minimum atomic E-state index is -0.211. The molecule has 0 aliphatic heterocycles. The van der Waals surface area contributed by atoms with E-state index in [1.54, 1.807) is 0 Å². The van der Waals surface area contributed by atoms with Crippen molar-refractivity contribution in [2.24, 2.45) is 17.3 Å². The second-order valence-corrected chi connectivity index (χ2v) is 9.64. The second kappa shape index (κ2) is 5.09. The molecule has 22 heavy (non-hydrogen) atoms. The lowest BCUT2D eigenvalue weighted by Gasteiger charge is -2.58. The molecule has 2 nitrogen and oxygen atoms in total. The molecule has 4 saturated carbocycles. The first-order chi connectivity index (χ1) is 10.5. The smallest absolute Gasteiger partial charge is 0.312 e. The van der Waals surface area contributed by atoms with E-state index in [1.807, 2.05) is 12.1 Å². The number of halogens is 1. The number of carbonyl (C=O) groups excluding carboxylic acids is 1. The third kappa shape index (κ3) is 2.51. The van der Waals surface area contributed by atoms with Gasteiger partial charge >= 0.3 is 5.97 Å². The molecule has 5 rings (SSSR count). The Morgan fingerprint density at radius 1 is 1.27 bits per heavy atom. The molecule has 0 radical (unpaired) electrons. The van der Waals surface area contributed by atoms with E-state index in [1.165, 1.54) is 24.8 Å². The molecular weight excluding hydrogens is 340 g/mol. The monoisotopic (exact) mass is 362 g/mol. The van der Waals surface area contributed by atoms with Crippen LogP contribution in [0.2, 0.25) is 0 Å². The van der Waals surface area contributed by atoms with E-state index in [0.717, 1.165) is 24.8 Å². The fourth-order valence-corrected chi connectivity index (χ4v) is 6.95. The average molecular weight is 363 g/mol.